The number of nitro groups is 1. The van der Waals surface area contributed by atoms with Crippen LogP contribution in [0.5, 0.6) is 0 Å². The molecule has 3 rings (SSSR count). The highest BCUT2D eigenvalue weighted by atomic mass is 16.6. The fourth-order valence-electron chi connectivity index (χ4n) is 3.26. The molecule has 0 spiro atoms. The first kappa shape index (κ1) is 17.1. The van der Waals surface area contributed by atoms with Gasteiger partial charge in [0.1, 0.15) is 6.10 Å². The number of benzene rings is 2. The van der Waals surface area contributed by atoms with Crippen molar-refractivity contribution in [1.29, 1.82) is 0 Å². The molecular formula is C19H19NO5. The Morgan fingerprint density at radius 1 is 1.32 bits per heavy atom. The van der Waals surface area contributed by atoms with Gasteiger partial charge in [-0.15, -0.1) is 0 Å². The average Bonchev–Trinajstić information content (AvgIpc) is 2.87. The maximum Gasteiger partial charge on any atom is 0.338 e. The molecule has 1 aliphatic rings. The Labute approximate surface area is 145 Å². The van der Waals surface area contributed by atoms with Gasteiger partial charge in [0.15, 0.2) is 0 Å². The normalized spacial score (nSPS) is 21.6. The van der Waals surface area contributed by atoms with Crippen molar-refractivity contribution in [3.63, 3.8) is 0 Å². The Morgan fingerprint density at radius 2 is 2.00 bits per heavy atom. The van der Waals surface area contributed by atoms with Crippen molar-refractivity contribution in [2.75, 3.05) is 6.61 Å². The number of carbonyl (C=O) groups excluding carboxylic acids is 1. The molecule has 6 nitrogen and oxygen atoms in total. The van der Waals surface area contributed by atoms with Crippen molar-refractivity contribution in [1.82, 2.24) is 0 Å². The molecule has 2 aromatic rings. The van der Waals surface area contributed by atoms with Crippen LogP contribution in [0.3, 0.4) is 0 Å². The van der Waals surface area contributed by atoms with Crippen LogP contribution in [0.4, 0.5) is 5.69 Å². The number of fused-ring (bicyclic) bond motifs is 1. The number of esters is 1. The van der Waals surface area contributed by atoms with Crippen molar-refractivity contribution in [2.24, 2.45) is 5.41 Å². The van der Waals surface area contributed by atoms with E-state index in [2.05, 4.69) is 0 Å². The molecule has 0 saturated carbocycles. The number of nitro benzene ring substituents is 1. The minimum absolute atomic E-state index is 0.0846. The van der Waals surface area contributed by atoms with Crippen LogP contribution in [0.15, 0.2) is 42.5 Å². The largest absolute Gasteiger partial charge is 0.453 e. The number of aliphatic hydroxyl groups excluding tert-OH is 1. The van der Waals surface area contributed by atoms with Crippen molar-refractivity contribution >= 4 is 11.7 Å². The van der Waals surface area contributed by atoms with Gasteiger partial charge in [0.2, 0.25) is 0 Å². The number of aryl methyl sites for hydroxylation is 1. The average molecular weight is 341 g/mol. The molecule has 2 atom stereocenters. The highest BCUT2D eigenvalue weighted by Gasteiger charge is 2.45. The molecule has 0 amide bonds. The van der Waals surface area contributed by atoms with Crippen molar-refractivity contribution in [2.45, 2.75) is 26.4 Å². The lowest BCUT2D eigenvalue weighted by molar-refractivity contribution is -0.384. The second-order valence-corrected chi connectivity index (χ2v) is 6.78. The second-order valence-electron chi connectivity index (χ2n) is 6.78. The SMILES string of the molecule is Cc1ccc2c(c1)[C@H](OC(=O)c1ccc([N+](=O)[O-])cc1)[C@@](C)(CO)C2. The molecule has 2 aromatic carbocycles. The highest BCUT2D eigenvalue weighted by Crippen LogP contribution is 2.48. The van der Waals surface area contributed by atoms with E-state index in [1.165, 1.54) is 24.3 Å². The number of hydrogen-bond donors (Lipinski definition) is 1. The van der Waals surface area contributed by atoms with Crippen LogP contribution in [0.2, 0.25) is 0 Å². The zero-order valence-electron chi connectivity index (χ0n) is 14.1. The molecule has 6 heteroatoms. The molecule has 0 fully saturated rings. The summed E-state index contributed by atoms with van der Waals surface area (Å²) in [7, 11) is 0. The molecule has 0 unspecified atom stereocenters. The molecule has 25 heavy (non-hydrogen) atoms. The van der Waals surface area contributed by atoms with E-state index >= 15 is 0 Å². The molecular weight excluding hydrogens is 322 g/mol. The Hall–Kier alpha value is -2.73. The molecule has 0 radical (unpaired) electrons. The summed E-state index contributed by atoms with van der Waals surface area (Å²) in [6.07, 6.45) is 0.0622. The van der Waals surface area contributed by atoms with E-state index in [1.54, 1.807) is 0 Å². The molecule has 0 saturated heterocycles. The monoisotopic (exact) mass is 341 g/mol. The smallest absolute Gasteiger partial charge is 0.338 e. The van der Waals surface area contributed by atoms with Gasteiger partial charge < -0.3 is 9.84 Å². The van der Waals surface area contributed by atoms with E-state index in [1.807, 2.05) is 32.0 Å². The van der Waals surface area contributed by atoms with Gasteiger partial charge in [-0.25, -0.2) is 4.79 Å². The van der Waals surface area contributed by atoms with E-state index in [4.69, 9.17) is 4.74 Å². The van der Waals surface area contributed by atoms with Crippen molar-refractivity contribution < 1.29 is 19.6 Å². The van der Waals surface area contributed by atoms with Gasteiger partial charge in [-0.1, -0.05) is 30.7 Å². The Balaban J connectivity index is 1.88. The zero-order chi connectivity index (χ0) is 18.2. The number of hydrogen-bond acceptors (Lipinski definition) is 5. The summed E-state index contributed by atoms with van der Waals surface area (Å²) in [4.78, 5) is 22.7. The molecule has 0 bridgehead atoms. The molecule has 1 aliphatic carbocycles. The van der Waals surface area contributed by atoms with E-state index in [9.17, 15) is 20.0 Å². The van der Waals surface area contributed by atoms with Crippen LogP contribution >= 0.6 is 0 Å². The molecule has 0 heterocycles. The number of rotatable bonds is 4. The fraction of sp³-hybridized carbons (Fsp3) is 0.316. The topological polar surface area (TPSA) is 89.7 Å². The summed E-state index contributed by atoms with van der Waals surface area (Å²) in [5.74, 6) is -0.561. The van der Waals surface area contributed by atoms with Crippen LogP contribution in [0, 0.1) is 22.5 Å². The first-order valence-electron chi connectivity index (χ1n) is 8.00. The standard InChI is InChI=1S/C19H19NO5/c1-12-3-4-14-10-19(2,11-21)17(16(14)9-12)25-18(22)13-5-7-15(8-6-13)20(23)24/h3-9,17,21H,10-11H2,1-2H3/t17-,19+/m0/s1. The third-order valence-corrected chi connectivity index (χ3v) is 4.71. The summed E-state index contributed by atoms with van der Waals surface area (Å²) in [5.41, 5.74) is 2.59. The van der Waals surface area contributed by atoms with Crippen LogP contribution in [0.25, 0.3) is 0 Å². The number of ether oxygens (including phenoxy) is 1. The number of carbonyl (C=O) groups is 1. The summed E-state index contributed by atoms with van der Waals surface area (Å²) in [6, 6.07) is 11.3. The third-order valence-electron chi connectivity index (χ3n) is 4.71. The van der Waals surface area contributed by atoms with Gasteiger partial charge in [0, 0.05) is 17.5 Å². The lowest BCUT2D eigenvalue weighted by atomic mass is 9.85. The van der Waals surface area contributed by atoms with Crippen LogP contribution < -0.4 is 0 Å². The Morgan fingerprint density at radius 3 is 2.60 bits per heavy atom. The number of aliphatic hydroxyl groups is 1. The summed E-state index contributed by atoms with van der Waals surface area (Å²) in [6.45, 7) is 3.74. The van der Waals surface area contributed by atoms with Crippen LogP contribution in [0.1, 0.15) is 40.1 Å². The third kappa shape index (κ3) is 3.13. The predicted molar refractivity (Wildman–Crippen MR) is 91.3 cm³/mol. The molecule has 130 valence electrons. The quantitative estimate of drug-likeness (QED) is 0.523. The summed E-state index contributed by atoms with van der Waals surface area (Å²) >= 11 is 0. The Kier molecular flexibility index (Phi) is 4.30. The molecule has 0 aliphatic heterocycles. The maximum atomic E-state index is 12.5. The van der Waals surface area contributed by atoms with Gasteiger partial charge in [-0.3, -0.25) is 10.1 Å². The van der Waals surface area contributed by atoms with Crippen molar-refractivity contribution in [3.8, 4) is 0 Å². The number of non-ortho nitro benzene ring substituents is 1. The highest BCUT2D eigenvalue weighted by molar-refractivity contribution is 5.90. The van der Waals surface area contributed by atoms with E-state index in [0.717, 1.165) is 16.7 Å². The Bertz CT molecular complexity index is 830. The van der Waals surface area contributed by atoms with Gasteiger partial charge in [-0.2, -0.15) is 0 Å². The first-order chi connectivity index (χ1) is 11.8. The zero-order valence-corrected chi connectivity index (χ0v) is 14.1. The van der Waals surface area contributed by atoms with Gasteiger partial charge >= 0.3 is 5.97 Å². The van der Waals surface area contributed by atoms with Gasteiger partial charge in [0.25, 0.3) is 5.69 Å². The fourth-order valence-corrected chi connectivity index (χ4v) is 3.26. The van der Waals surface area contributed by atoms with Gasteiger partial charge in [0.05, 0.1) is 17.1 Å². The van der Waals surface area contributed by atoms with Gasteiger partial charge in [-0.05, 0) is 36.6 Å². The van der Waals surface area contributed by atoms with E-state index in [-0.39, 0.29) is 17.9 Å². The molecule has 1 N–H and O–H groups in total. The van der Waals surface area contributed by atoms with Crippen LogP contribution in [-0.2, 0) is 11.2 Å². The minimum atomic E-state index is -0.591. The van der Waals surface area contributed by atoms with E-state index < -0.39 is 22.4 Å². The minimum Gasteiger partial charge on any atom is -0.453 e. The van der Waals surface area contributed by atoms with E-state index in [0.29, 0.717) is 6.42 Å². The van der Waals surface area contributed by atoms with Crippen LogP contribution in [-0.4, -0.2) is 22.6 Å². The van der Waals surface area contributed by atoms with Crippen molar-refractivity contribution in [3.05, 3.63) is 74.8 Å². The predicted octanol–water partition coefficient (Wildman–Crippen LogP) is 3.36. The second kappa shape index (κ2) is 6.29. The molecule has 0 aromatic heterocycles. The lowest BCUT2D eigenvalue weighted by Gasteiger charge is -2.29. The maximum absolute atomic E-state index is 12.5. The summed E-state index contributed by atoms with van der Waals surface area (Å²) < 4.78 is 5.72. The summed E-state index contributed by atoms with van der Waals surface area (Å²) in [5, 5.41) is 20.6. The first-order valence-corrected chi connectivity index (χ1v) is 8.00. The lowest BCUT2D eigenvalue weighted by Crippen LogP contribution is -2.30. The number of nitrogens with zero attached hydrogens (tertiary/aromatic N) is 1.